The predicted molar refractivity (Wildman–Crippen MR) is 115 cm³/mol. The molecule has 2 aromatic rings. The van der Waals surface area contributed by atoms with E-state index in [0.717, 1.165) is 11.4 Å². The molecule has 1 aromatic carbocycles. The van der Waals surface area contributed by atoms with Gasteiger partial charge in [-0.25, -0.2) is 4.79 Å². The number of rotatable bonds is 4. The minimum absolute atomic E-state index is 0.163. The zero-order chi connectivity index (χ0) is 22.1. The summed E-state index contributed by atoms with van der Waals surface area (Å²) in [5, 5.41) is 5.49. The van der Waals surface area contributed by atoms with Crippen LogP contribution in [-0.2, 0) is 14.3 Å². The average molecular weight is 451 g/mol. The highest BCUT2D eigenvalue weighted by atomic mass is 35.5. The number of amides is 2. The van der Waals surface area contributed by atoms with E-state index in [0.29, 0.717) is 28.9 Å². The molecule has 8 heteroatoms. The second-order valence-electron chi connectivity index (χ2n) is 8.78. The van der Waals surface area contributed by atoms with Crippen LogP contribution in [0.3, 0.4) is 0 Å². The van der Waals surface area contributed by atoms with Crippen molar-refractivity contribution in [2.24, 2.45) is 40.6 Å². The highest BCUT2D eigenvalue weighted by Gasteiger charge is 2.67. The highest BCUT2D eigenvalue weighted by Crippen LogP contribution is 2.65. The maximum Gasteiger partial charge on any atom is 0.339 e. The Morgan fingerprint density at radius 3 is 2.47 bits per heavy atom. The number of nitrogens with zero attached hydrogens (tertiary/aromatic N) is 2. The summed E-state index contributed by atoms with van der Waals surface area (Å²) >= 11 is 6.07. The van der Waals surface area contributed by atoms with Gasteiger partial charge in [0.15, 0.2) is 0 Å². The van der Waals surface area contributed by atoms with E-state index in [-0.39, 0.29) is 46.1 Å². The van der Waals surface area contributed by atoms with Crippen molar-refractivity contribution in [1.82, 2.24) is 5.01 Å². The minimum Gasteiger partial charge on any atom is -0.465 e. The molecule has 0 spiro atoms. The van der Waals surface area contributed by atoms with Crippen LogP contribution in [0.2, 0.25) is 5.02 Å². The van der Waals surface area contributed by atoms with Gasteiger partial charge in [-0.1, -0.05) is 23.8 Å². The fraction of sp³-hybridized carbons (Fsp3) is 0.333. The van der Waals surface area contributed by atoms with Crippen LogP contribution in [0, 0.1) is 35.5 Å². The minimum atomic E-state index is -0.543. The van der Waals surface area contributed by atoms with E-state index in [1.807, 2.05) is 0 Å². The number of ether oxygens (including phenoxy) is 1. The average Bonchev–Trinajstić information content (AvgIpc) is 3.44. The molecule has 6 atom stereocenters. The van der Waals surface area contributed by atoms with Gasteiger partial charge in [0, 0.05) is 5.56 Å². The molecule has 1 saturated heterocycles. The lowest BCUT2D eigenvalue weighted by Crippen LogP contribution is -2.40. The molecule has 0 radical (unpaired) electrons. The Balaban J connectivity index is 1.23. The molecule has 2 amide bonds. The maximum absolute atomic E-state index is 13.0. The Kier molecular flexibility index (Phi) is 4.21. The Morgan fingerprint density at radius 2 is 1.81 bits per heavy atom. The van der Waals surface area contributed by atoms with Crippen molar-refractivity contribution in [3.05, 3.63) is 58.8 Å². The van der Waals surface area contributed by atoms with E-state index in [1.165, 1.54) is 13.3 Å². The SMILES string of the molecule is COC(=O)c1cc(-c2ccc(/C=N\N3C(=O)[C@@H]4[C@H]5C=C[C@H]([C@@H]6C[C@H]56)[C@@H]4C3=O)o2)ccc1Cl. The Labute approximate surface area is 188 Å². The van der Waals surface area contributed by atoms with Crippen molar-refractivity contribution in [3.63, 3.8) is 0 Å². The molecule has 7 nitrogen and oxygen atoms in total. The molecular formula is C24H19ClN2O5. The van der Waals surface area contributed by atoms with Crippen molar-refractivity contribution in [2.75, 3.05) is 7.11 Å². The number of methoxy groups -OCH3 is 1. The van der Waals surface area contributed by atoms with Crippen LogP contribution in [0.4, 0.5) is 0 Å². The monoisotopic (exact) mass is 450 g/mol. The lowest BCUT2D eigenvalue weighted by Gasteiger charge is -2.37. The lowest BCUT2D eigenvalue weighted by atomic mass is 9.63. The van der Waals surface area contributed by atoms with Crippen molar-refractivity contribution >= 4 is 35.6 Å². The van der Waals surface area contributed by atoms with Gasteiger partial charge >= 0.3 is 5.97 Å². The summed E-state index contributed by atoms with van der Waals surface area (Å²) in [6.45, 7) is 0. The first kappa shape index (κ1) is 19.5. The quantitative estimate of drug-likeness (QED) is 0.306. The first-order chi connectivity index (χ1) is 15.5. The molecular weight excluding hydrogens is 432 g/mol. The third-order valence-electron chi connectivity index (χ3n) is 7.22. The van der Waals surface area contributed by atoms with Crippen molar-refractivity contribution < 1.29 is 23.5 Å². The van der Waals surface area contributed by atoms with Gasteiger partial charge in [0.05, 0.1) is 35.7 Å². The smallest absolute Gasteiger partial charge is 0.339 e. The molecule has 7 rings (SSSR count). The van der Waals surface area contributed by atoms with Crippen LogP contribution in [0.5, 0.6) is 0 Å². The molecule has 3 fully saturated rings. The highest BCUT2D eigenvalue weighted by molar-refractivity contribution is 6.33. The molecule has 2 heterocycles. The Morgan fingerprint density at radius 1 is 1.12 bits per heavy atom. The van der Waals surface area contributed by atoms with Gasteiger partial charge in [0.25, 0.3) is 11.8 Å². The number of carbonyl (C=O) groups is 3. The summed E-state index contributed by atoms with van der Waals surface area (Å²) in [7, 11) is 1.29. The molecule has 32 heavy (non-hydrogen) atoms. The van der Waals surface area contributed by atoms with Gasteiger partial charge in [-0.15, -0.1) is 0 Å². The van der Waals surface area contributed by atoms with E-state index in [4.69, 9.17) is 20.8 Å². The van der Waals surface area contributed by atoms with Crippen LogP contribution in [-0.4, -0.2) is 36.1 Å². The van der Waals surface area contributed by atoms with Crippen LogP contribution < -0.4 is 0 Å². The topological polar surface area (TPSA) is 89.2 Å². The van der Waals surface area contributed by atoms with Crippen LogP contribution in [0.15, 0.2) is 52.0 Å². The molecule has 0 N–H and O–H groups in total. The lowest BCUT2D eigenvalue weighted by molar-refractivity contribution is -0.140. The number of hydrogen-bond acceptors (Lipinski definition) is 6. The van der Waals surface area contributed by atoms with Crippen molar-refractivity contribution in [2.45, 2.75) is 6.42 Å². The van der Waals surface area contributed by atoms with Gasteiger partial charge in [-0.05, 0) is 60.4 Å². The normalized spacial score (nSPS) is 31.9. The number of esters is 1. The zero-order valence-electron chi connectivity index (χ0n) is 17.1. The van der Waals surface area contributed by atoms with Gasteiger partial charge in [-0.2, -0.15) is 10.1 Å². The predicted octanol–water partition coefficient (Wildman–Crippen LogP) is 3.77. The number of imide groups is 1. The summed E-state index contributed by atoms with van der Waals surface area (Å²) in [4.78, 5) is 37.9. The number of hydrogen-bond donors (Lipinski definition) is 0. The number of benzene rings is 1. The van der Waals surface area contributed by atoms with Gasteiger partial charge in [-0.3, -0.25) is 9.59 Å². The van der Waals surface area contributed by atoms with Crippen molar-refractivity contribution in [3.8, 4) is 11.3 Å². The van der Waals surface area contributed by atoms with Crippen LogP contribution in [0.25, 0.3) is 11.3 Å². The van der Waals surface area contributed by atoms with E-state index in [2.05, 4.69) is 17.3 Å². The fourth-order valence-electron chi connectivity index (χ4n) is 5.69. The summed E-state index contributed by atoms with van der Waals surface area (Å²) in [5.41, 5.74) is 0.867. The largest absolute Gasteiger partial charge is 0.465 e. The number of furan rings is 1. The molecule has 4 aliphatic carbocycles. The molecule has 0 unspecified atom stereocenters. The zero-order valence-corrected chi connectivity index (χ0v) is 17.9. The van der Waals surface area contributed by atoms with E-state index in [1.54, 1.807) is 30.3 Å². The molecule has 2 saturated carbocycles. The molecule has 2 bridgehead atoms. The van der Waals surface area contributed by atoms with Crippen molar-refractivity contribution in [1.29, 1.82) is 0 Å². The Hall–Kier alpha value is -3.19. The summed E-state index contributed by atoms with van der Waals surface area (Å²) in [6.07, 6.45) is 6.76. The Bertz CT molecular complexity index is 1190. The van der Waals surface area contributed by atoms with Gasteiger partial charge in [0.1, 0.15) is 11.5 Å². The molecule has 162 valence electrons. The van der Waals surface area contributed by atoms with E-state index < -0.39 is 5.97 Å². The third kappa shape index (κ3) is 2.73. The first-order valence-electron chi connectivity index (χ1n) is 10.6. The molecule has 1 aromatic heterocycles. The van der Waals surface area contributed by atoms with Gasteiger partial charge < -0.3 is 9.15 Å². The second kappa shape index (κ2) is 6.90. The summed E-state index contributed by atoms with van der Waals surface area (Å²) < 4.78 is 10.5. The number of carbonyl (C=O) groups excluding carboxylic acids is 3. The van der Waals surface area contributed by atoms with Gasteiger partial charge in [0.2, 0.25) is 0 Å². The molecule has 5 aliphatic rings. The summed E-state index contributed by atoms with van der Waals surface area (Å²) in [6, 6.07) is 8.30. The van der Waals surface area contributed by atoms with Crippen LogP contribution >= 0.6 is 11.6 Å². The maximum atomic E-state index is 13.0. The summed E-state index contributed by atoms with van der Waals surface area (Å²) in [5.74, 6) is 0.763. The second-order valence-corrected chi connectivity index (χ2v) is 9.18. The van der Waals surface area contributed by atoms with E-state index in [9.17, 15) is 14.4 Å². The number of halogens is 1. The number of allylic oxidation sites excluding steroid dienone is 2. The standard InChI is InChI=1S/C24H19ClN2O5/c1-31-24(30)17-8-11(2-6-18(17)25)19-7-3-12(32-19)10-26-27-22(28)20-13-4-5-14(16-9-15(13)16)21(20)23(27)29/h2-8,10,13-16,20-21H,9H2,1H3/b26-10-/t13-,14+,15+,16-,20+,21-. The molecule has 1 aliphatic heterocycles. The third-order valence-corrected chi connectivity index (χ3v) is 7.55. The number of hydrazone groups is 1. The fourth-order valence-corrected chi connectivity index (χ4v) is 5.89. The first-order valence-corrected chi connectivity index (χ1v) is 10.9. The van der Waals surface area contributed by atoms with E-state index >= 15 is 0 Å². The van der Waals surface area contributed by atoms with Crippen LogP contribution in [0.1, 0.15) is 22.5 Å².